The van der Waals surface area contributed by atoms with Gasteiger partial charge in [-0.05, 0) is 37.5 Å². The summed E-state index contributed by atoms with van der Waals surface area (Å²) in [6.45, 7) is 2.02. The van der Waals surface area contributed by atoms with Crippen molar-refractivity contribution in [2.75, 3.05) is 11.1 Å². The van der Waals surface area contributed by atoms with Gasteiger partial charge in [0.05, 0.1) is 16.0 Å². The zero-order valence-corrected chi connectivity index (χ0v) is 21.5. The smallest absolute Gasteiger partial charge is 0.301 e. The molecule has 0 spiro atoms. The molecule has 9 nitrogen and oxygen atoms in total. The van der Waals surface area contributed by atoms with E-state index in [1.165, 1.54) is 41.1 Å². The van der Waals surface area contributed by atoms with Crippen LogP contribution in [0.5, 0.6) is 0 Å². The molecule has 1 aliphatic carbocycles. The maximum atomic E-state index is 13.0. The zero-order chi connectivity index (χ0) is 24.7. The first-order valence-electron chi connectivity index (χ1n) is 11.6. The number of thiazole rings is 1. The molecular formula is C24H26N6O3S2. The summed E-state index contributed by atoms with van der Waals surface area (Å²) in [4.78, 5) is 52.2. The summed E-state index contributed by atoms with van der Waals surface area (Å²) in [5.74, 6) is 0.645. The van der Waals surface area contributed by atoms with Crippen LogP contribution in [0.15, 0.2) is 32.8 Å². The highest BCUT2D eigenvalue weighted by Crippen LogP contribution is 2.33. The van der Waals surface area contributed by atoms with Crippen molar-refractivity contribution in [2.45, 2.75) is 50.0 Å². The van der Waals surface area contributed by atoms with E-state index in [0.717, 1.165) is 46.0 Å². The fourth-order valence-corrected chi connectivity index (χ4v) is 6.27. The standard InChI is InChI=1S/C24H26N6O3S2/c1-13-9-10-15-16(11-13)35-23(25-15)26-17(31)12-34-21-18-20(29(2)24(33)30(3)22(18)32)27-19(28-21)14-7-5-4-6-8-14/h9-11,14H,4-8,12H2,1-3H3,(H,25,26,31). The monoisotopic (exact) mass is 510 g/mol. The Labute approximate surface area is 209 Å². The van der Waals surface area contributed by atoms with Gasteiger partial charge in [-0.25, -0.2) is 19.7 Å². The lowest BCUT2D eigenvalue weighted by Gasteiger charge is -2.21. The van der Waals surface area contributed by atoms with Crippen molar-refractivity contribution in [3.05, 3.63) is 50.4 Å². The fraction of sp³-hybridized carbons (Fsp3) is 0.417. The van der Waals surface area contributed by atoms with Gasteiger partial charge in [-0.2, -0.15) is 0 Å². The third-order valence-electron chi connectivity index (χ3n) is 6.38. The third-order valence-corrected chi connectivity index (χ3v) is 8.29. The van der Waals surface area contributed by atoms with Gasteiger partial charge in [0.2, 0.25) is 5.91 Å². The van der Waals surface area contributed by atoms with Crippen LogP contribution in [0.2, 0.25) is 0 Å². The Bertz CT molecular complexity index is 1570. The van der Waals surface area contributed by atoms with E-state index in [4.69, 9.17) is 4.98 Å². The minimum atomic E-state index is -0.456. The van der Waals surface area contributed by atoms with Crippen LogP contribution in [0.3, 0.4) is 0 Å². The Hall–Kier alpha value is -3.05. The first-order chi connectivity index (χ1) is 16.8. The number of carbonyl (C=O) groups is 1. The maximum Gasteiger partial charge on any atom is 0.332 e. The predicted octanol–water partition coefficient (Wildman–Crippen LogP) is 3.72. The van der Waals surface area contributed by atoms with Gasteiger partial charge in [0.15, 0.2) is 10.8 Å². The summed E-state index contributed by atoms with van der Waals surface area (Å²) in [7, 11) is 3.05. The molecule has 3 heterocycles. The molecule has 1 aromatic carbocycles. The second kappa shape index (κ2) is 9.54. The van der Waals surface area contributed by atoms with E-state index in [1.54, 1.807) is 7.05 Å². The van der Waals surface area contributed by atoms with Gasteiger partial charge in [-0.1, -0.05) is 48.4 Å². The van der Waals surface area contributed by atoms with Crippen LogP contribution in [0, 0.1) is 6.92 Å². The van der Waals surface area contributed by atoms with E-state index < -0.39 is 11.2 Å². The highest BCUT2D eigenvalue weighted by atomic mass is 32.2. The lowest BCUT2D eigenvalue weighted by atomic mass is 9.89. The summed E-state index contributed by atoms with van der Waals surface area (Å²) in [5, 5.41) is 4.09. The van der Waals surface area contributed by atoms with E-state index in [9.17, 15) is 14.4 Å². The van der Waals surface area contributed by atoms with Crippen LogP contribution in [0.25, 0.3) is 21.3 Å². The number of aromatic nitrogens is 5. The van der Waals surface area contributed by atoms with Crippen LogP contribution in [0.1, 0.15) is 49.4 Å². The van der Waals surface area contributed by atoms with Crippen LogP contribution in [-0.4, -0.2) is 35.7 Å². The molecule has 11 heteroatoms. The minimum Gasteiger partial charge on any atom is -0.301 e. The van der Waals surface area contributed by atoms with Crippen LogP contribution in [0.4, 0.5) is 5.13 Å². The molecule has 0 radical (unpaired) electrons. The summed E-state index contributed by atoms with van der Waals surface area (Å²) in [6.07, 6.45) is 5.36. The highest BCUT2D eigenvalue weighted by molar-refractivity contribution is 8.00. The molecule has 0 atom stereocenters. The number of anilines is 1. The summed E-state index contributed by atoms with van der Waals surface area (Å²) >= 11 is 2.61. The number of nitrogens with zero attached hydrogens (tertiary/aromatic N) is 5. The molecule has 1 aliphatic rings. The Balaban J connectivity index is 1.46. The Morgan fingerprint density at radius 1 is 1.11 bits per heavy atom. The Morgan fingerprint density at radius 3 is 2.66 bits per heavy atom. The summed E-state index contributed by atoms with van der Waals surface area (Å²) < 4.78 is 3.45. The molecule has 1 amide bonds. The quantitative estimate of drug-likeness (QED) is 0.322. The first kappa shape index (κ1) is 23.7. The van der Waals surface area contributed by atoms with Crippen LogP contribution in [-0.2, 0) is 18.9 Å². The molecular weight excluding hydrogens is 484 g/mol. The lowest BCUT2D eigenvalue weighted by molar-refractivity contribution is -0.113. The van der Waals surface area contributed by atoms with Crippen LogP contribution >= 0.6 is 23.1 Å². The molecule has 1 saturated carbocycles. The van der Waals surface area contributed by atoms with E-state index >= 15 is 0 Å². The van der Waals surface area contributed by atoms with E-state index in [2.05, 4.69) is 15.3 Å². The number of thioether (sulfide) groups is 1. The Kier molecular flexibility index (Phi) is 6.45. The molecule has 35 heavy (non-hydrogen) atoms. The molecule has 0 saturated heterocycles. The van der Waals surface area contributed by atoms with Gasteiger partial charge in [0.25, 0.3) is 5.56 Å². The second-order valence-corrected chi connectivity index (χ2v) is 10.9. The van der Waals surface area contributed by atoms with Crippen molar-refractivity contribution in [1.29, 1.82) is 0 Å². The molecule has 1 N–H and O–H groups in total. The fourth-order valence-electron chi connectivity index (χ4n) is 4.47. The number of hydrogen-bond donors (Lipinski definition) is 1. The molecule has 5 rings (SSSR count). The molecule has 1 fully saturated rings. The van der Waals surface area contributed by atoms with Gasteiger partial charge in [0, 0.05) is 20.0 Å². The van der Waals surface area contributed by atoms with Crippen molar-refractivity contribution in [1.82, 2.24) is 24.1 Å². The average molecular weight is 511 g/mol. The van der Waals surface area contributed by atoms with Gasteiger partial charge < -0.3 is 5.32 Å². The molecule has 0 unspecified atom stereocenters. The summed E-state index contributed by atoms with van der Waals surface area (Å²) in [6, 6.07) is 5.96. The van der Waals surface area contributed by atoms with Crippen molar-refractivity contribution < 1.29 is 4.79 Å². The SMILES string of the molecule is Cc1ccc2nc(NC(=O)CSc3nc(C4CCCCC4)nc4c3c(=O)n(C)c(=O)n4C)sc2c1. The van der Waals surface area contributed by atoms with Gasteiger partial charge >= 0.3 is 5.69 Å². The zero-order valence-electron chi connectivity index (χ0n) is 19.8. The number of benzene rings is 1. The molecule has 3 aromatic heterocycles. The third kappa shape index (κ3) is 4.62. The lowest BCUT2D eigenvalue weighted by Crippen LogP contribution is -2.38. The number of nitrogens with one attached hydrogen (secondary N) is 1. The normalized spacial score (nSPS) is 14.6. The number of fused-ring (bicyclic) bond motifs is 2. The van der Waals surface area contributed by atoms with Gasteiger partial charge in [0.1, 0.15) is 16.2 Å². The van der Waals surface area contributed by atoms with Crippen LogP contribution < -0.4 is 16.6 Å². The maximum absolute atomic E-state index is 13.0. The molecule has 0 aliphatic heterocycles. The van der Waals surface area contributed by atoms with Gasteiger partial charge in [-0.15, -0.1) is 0 Å². The van der Waals surface area contributed by atoms with E-state index in [0.29, 0.717) is 21.6 Å². The minimum absolute atomic E-state index is 0.0527. The number of rotatable bonds is 5. The largest absolute Gasteiger partial charge is 0.332 e. The van der Waals surface area contributed by atoms with Gasteiger partial charge in [-0.3, -0.25) is 18.7 Å². The van der Waals surface area contributed by atoms with Crippen molar-refractivity contribution in [2.24, 2.45) is 14.1 Å². The highest BCUT2D eigenvalue weighted by Gasteiger charge is 2.24. The molecule has 4 aromatic rings. The molecule has 0 bridgehead atoms. The van der Waals surface area contributed by atoms with E-state index in [-0.39, 0.29) is 23.0 Å². The first-order valence-corrected chi connectivity index (χ1v) is 13.4. The number of aryl methyl sites for hydroxylation is 2. The molecule has 182 valence electrons. The van der Waals surface area contributed by atoms with E-state index in [1.807, 2.05) is 25.1 Å². The predicted molar refractivity (Wildman–Crippen MR) is 140 cm³/mol. The second-order valence-electron chi connectivity index (χ2n) is 8.95. The van der Waals surface area contributed by atoms with Crippen molar-refractivity contribution >= 4 is 55.4 Å². The summed E-state index contributed by atoms with van der Waals surface area (Å²) in [5.41, 5.74) is 1.40. The number of amides is 1. The van der Waals surface area contributed by atoms with Crippen molar-refractivity contribution in [3.8, 4) is 0 Å². The Morgan fingerprint density at radius 2 is 1.89 bits per heavy atom. The number of carbonyl (C=O) groups excluding carboxylic acids is 1. The van der Waals surface area contributed by atoms with Crippen molar-refractivity contribution in [3.63, 3.8) is 0 Å². The average Bonchev–Trinajstić information content (AvgIpc) is 3.26. The number of hydrogen-bond acceptors (Lipinski definition) is 8. The topological polar surface area (TPSA) is 112 Å².